The molecule has 2 rings (SSSR count). The number of hydrogen-bond acceptors (Lipinski definition) is 4. The summed E-state index contributed by atoms with van der Waals surface area (Å²) in [7, 11) is 1.17. The molecule has 0 spiro atoms. The summed E-state index contributed by atoms with van der Waals surface area (Å²) < 4.78 is 33.5. The minimum Gasteiger partial charge on any atom is -0.464 e. The standard InChI is InChI=1S/C13H13F2N3O2/c1-20-12(19)11-10(16)7-18(17-11)8-13(14,15)9-5-3-2-4-6-9/h2-7H,8,16H2,1H3. The fourth-order valence-electron chi connectivity index (χ4n) is 1.75. The summed E-state index contributed by atoms with van der Waals surface area (Å²) >= 11 is 0. The molecule has 0 saturated heterocycles. The van der Waals surface area contributed by atoms with Gasteiger partial charge in [-0.15, -0.1) is 0 Å². The number of nitrogens with two attached hydrogens (primary N) is 1. The van der Waals surface area contributed by atoms with E-state index in [1.165, 1.54) is 37.6 Å². The van der Waals surface area contributed by atoms with Gasteiger partial charge in [-0.2, -0.15) is 13.9 Å². The Morgan fingerprint density at radius 3 is 2.65 bits per heavy atom. The van der Waals surface area contributed by atoms with Crippen LogP contribution in [0.25, 0.3) is 0 Å². The van der Waals surface area contributed by atoms with Crippen molar-refractivity contribution in [3.63, 3.8) is 0 Å². The van der Waals surface area contributed by atoms with Gasteiger partial charge >= 0.3 is 5.97 Å². The molecule has 20 heavy (non-hydrogen) atoms. The molecule has 0 saturated carbocycles. The van der Waals surface area contributed by atoms with Crippen molar-refractivity contribution in [2.75, 3.05) is 12.8 Å². The zero-order chi connectivity index (χ0) is 14.8. The van der Waals surface area contributed by atoms with E-state index in [1.54, 1.807) is 6.07 Å². The van der Waals surface area contributed by atoms with E-state index in [0.29, 0.717) is 0 Å². The van der Waals surface area contributed by atoms with E-state index in [4.69, 9.17) is 5.73 Å². The highest BCUT2D eigenvalue weighted by Gasteiger charge is 2.33. The lowest BCUT2D eigenvalue weighted by Gasteiger charge is -2.16. The average Bonchev–Trinajstić information content (AvgIpc) is 2.79. The number of halogens is 2. The number of carbonyl (C=O) groups is 1. The van der Waals surface area contributed by atoms with Gasteiger partial charge in [0.2, 0.25) is 0 Å². The van der Waals surface area contributed by atoms with Gasteiger partial charge in [-0.1, -0.05) is 30.3 Å². The number of methoxy groups -OCH3 is 1. The van der Waals surface area contributed by atoms with Crippen molar-refractivity contribution in [1.29, 1.82) is 0 Å². The van der Waals surface area contributed by atoms with Crippen molar-refractivity contribution in [3.05, 3.63) is 47.8 Å². The molecule has 2 aromatic rings. The lowest BCUT2D eigenvalue weighted by atomic mass is 10.1. The second-order valence-electron chi connectivity index (χ2n) is 4.19. The van der Waals surface area contributed by atoms with Crippen molar-refractivity contribution in [1.82, 2.24) is 9.78 Å². The van der Waals surface area contributed by atoms with Gasteiger partial charge in [-0.25, -0.2) is 4.79 Å². The second kappa shape index (κ2) is 5.28. The number of esters is 1. The van der Waals surface area contributed by atoms with E-state index in [1.807, 2.05) is 0 Å². The number of nitrogens with zero attached hydrogens (tertiary/aromatic N) is 2. The molecule has 1 heterocycles. The quantitative estimate of drug-likeness (QED) is 0.871. The second-order valence-corrected chi connectivity index (χ2v) is 4.19. The van der Waals surface area contributed by atoms with Gasteiger partial charge in [0, 0.05) is 11.8 Å². The summed E-state index contributed by atoms with van der Waals surface area (Å²) in [4.78, 5) is 11.3. The van der Waals surface area contributed by atoms with Crippen LogP contribution in [0.2, 0.25) is 0 Å². The summed E-state index contributed by atoms with van der Waals surface area (Å²) in [6.45, 7) is -0.710. The zero-order valence-electron chi connectivity index (χ0n) is 10.7. The number of nitrogen functional groups attached to an aromatic ring is 1. The molecule has 2 N–H and O–H groups in total. The molecule has 0 radical (unpaired) electrons. The predicted octanol–water partition coefficient (Wildman–Crippen LogP) is 2.04. The summed E-state index contributed by atoms with van der Waals surface area (Å²) in [6, 6.07) is 7.37. The van der Waals surface area contributed by atoms with E-state index in [2.05, 4.69) is 9.84 Å². The molecule has 0 aliphatic heterocycles. The smallest absolute Gasteiger partial charge is 0.360 e. The van der Waals surface area contributed by atoms with E-state index in [9.17, 15) is 13.6 Å². The van der Waals surface area contributed by atoms with Crippen LogP contribution < -0.4 is 5.73 Å². The number of ether oxygens (including phenoxy) is 1. The summed E-state index contributed by atoms with van der Waals surface area (Å²) in [6.07, 6.45) is 1.18. The molecular weight excluding hydrogens is 268 g/mol. The largest absolute Gasteiger partial charge is 0.464 e. The Labute approximate surface area is 114 Å². The lowest BCUT2D eigenvalue weighted by molar-refractivity contribution is -0.0255. The number of alkyl halides is 2. The van der Waals surface area contributed by atoms with Crippen molar-refractivity contribution in [2.24, 2.45) is 0 Å². The molecule has 0 atom stereocenters. The Kier molecular flexibility index (Phi) is 3.69. The molecule has 0 aliphatic carbocycles. The molecule has 5 nitrogen and oxygen atoms in total. The van der Waals surface area contributed by atoms with Crippen molar-refractivity contribution in [2.45, 2.75) is 12.5 Å². The molecule has 7 heteroatoms. The molecule has 0 bridgehead atoms. The Morgan fingerprint density at radius 2 is 2.05 bits per heavy atom. The number of carbonyl (C=O) groups excluding carboxylic acids is 1. The fourth-order valence-corrected chi connectivity index (χ4v) is 1.75. The first-order valence-electron chi connectivity index (χ1n) is 5.78. The maximum atomic E-state index is 14.0. The predicted molar refractivity (Wildman–Crippen MR) is 68.3 cm³/mol. The molecule has 1 aromatic carbocycles. The first-order chi connectivity index (χ1) is 9.44. The Hall–Kier alpha value is -2.44. The summed E-state index contributed by atoms with van der Waals surface area (Å²) in [5.41, 5.74) is 5.25. The highest BCUT2D eigenvalue weighted by atomic mass is 19.3. The third-order valence-corrected chi connectivity index (χ3v) is 2.73. The van der Waals surface area contributed by atoms with Crippen molar-refractivity contribution < 1.29 is 18.3 Å². The zero-order valence-corrected chi connectivity index (χ0v) is 10.7. The number of aromatic nitrogens is 2. The van der Waals surface area contributed by atoms with Crippen LogP contribution in [0, 0.1) is 0 Å². The Bertz CT molecular complexity index is 611. The first kappa shape index (κ1) is 14.0. The molecular formula is C13H13F2N3O2. The van der Waals surface area contributed by atoms with Crippen molar-refractivity contribution >= 4 is 11.7 Å². The molecule has 0 unspecified atom stereocenters. The van der Waals surface area contributed by atoms with Gasteiger partial charge < -0.3 is 10.5 Å². The summed E-state index contributed by atoms with van der Waals surface area (Å²) in [5.74, 6) is -3.88. The minimum absolute atomic E-state index is 0.000659. The van der Waals surface area contributed by atoms with E-state index < -0.39 is 18.4 Å². The van der Waals surface area contributed by atoms with Gasteiger partial charge in [0.25, 0.3) is 5.92 Å². The van der Waals surface area contributed by atoms with E-state index in [-0.39, 0.29) is 16.9 Å². The van der Waals surface area contributed by atoms with Gasteiger partial charge in [0.15, 0.2) is 5.69 Å². The topological polar surface area (TPSA) is 70.1 Å². The van der Waals surface area contributed by atoms with Crippen molar-refractivity contribution in [3.8, 4) is 0 Å². The normalized spacial score (nSPS) is 11.3. The third-order valence-electron chi connectivity index (χ3n) is 2.73. The van der Waals surface area contributed by atoms with Crippen LogP contribution in [0.1, 0.15) is 16.1 Å². The lowest BCUT2D eigenvalue weighted by Crippen LogP contribution is -2.22. The molecule has 0 aliphatic rings. The van der Waals surface area contributed by atoms with Crippen LogP contribution in [0.4, 0.5) is 14.5 Å². The SMILES string of the molecule is COC(=O)c1nn(CC(F)(F)c2ccccc2)cc1N. The number of benzene rings is 1. The van der Waals surface area contributed by atoms with Crippen LogP contribution >= 0.6 is 0 Å². The maximum absolute atomic E-state index is 14.0. The van der Waals surface area contributed by atoms with Gasteiger partial charge in [0.05, 0.1) is 12.8 Å². The maximum Gasteiger partial charge on any atom is 0.360 e. The fraction of sp³-hybridized carbons (Fsp3) is 0.231. The van der Waals surface area contributed by atoms with Crippen LogP contribution in [0.5, 0.6) is 0 Å². The monoisotopic (exact) mass is 281 g/mol. The number of rotatable bonds is 4. The van der Waals surface area contributed by atoms with Gasteiger partial charge in [-0.05, 0) is 0 Å². The third kappa shape index (κ3) is 2.76. The van der Waals surface area contributed by atoms with Gasteiger partial charge in [-0.3, -0.25) is 4.68 Å². The Balaban J connectivity index is 2.24. The highest BCUT2D eigenvalue weighted by molar-refractivity contribution is 5.92. The van der Waals surface area contributed by atoms with Gasteiger partial charge in [0.1, 0.15) is 6.54 Å². The minimum atomic E-state index is -3.12. The van der Waals surface area contributed by atoms with E-state index >= 15 is 0 Å². The van der Waals surface area contributed by atoms with E-state index in [0.717, 1.165) is 4.68 Å². The number of hydrogen-bond donors (Lipinski definition) is 1. The Morgan fingerprint density at radius 1 is 1.40 bits per heavy atom. The summed E-state index contributed by atoms with van der Waals surface area (Å²) in [5, 5.41) is 3.73. The van der Waals surface area contributed by atoms with Crippen LogP contribution in [0.15, 0.2) is 36.5 Å². The van der Waals surface area contributed by atoms with Crippen LogP contribution in [-0.4, -0.2) is 22.9 Å². The molecule has 0 amide bonds. The average molecular weight is 281 g/mol. The molecule has 106 valence electrons. The molecule has 0 fully saturated rings. The van der Waals surface area contributed by atoms with Crippen LogP contribution in [-0.2, 0) is 17.2 Å². The highest BCUT2D eigenvalue weighted by Crippen LogP contribution is 2.29. The molecule has 1 aromatic heterocycles. The first-order valence-corrected chi connectivity index (χ1v) is 5.78. The number of anilines is 1. The van der Waals surface area contributed by atoms with Crippen LogP contribution in [0.3, 0.4) is 0 Å².